The third-order valence-corrected chi connectivity index (χ3v) is 2.84. The van der Waals surface area contributed by atoms with Crippen molar-refractivity contribution in [3.05, 3.63) is 11.1 Å². The fourth-order valence-corrected chi connectivity index (χ4v) is 1.83. The van der Waals surface area contributed by atoms with E-state index in [9.17, 15) is 9.59 Å². The van der Waals surface area contributed by atoms with Crippen LogP contribution in [-0.2, 0) is 14.4 Å². The van der Waals surface area contributed by atoms with Gasteiger partial charge in [-0.1, -0.05) is 24.9 Å². The van der Waals surface area contributed by atoms with Crippen molar-refractivity contribution < 1.29 is 14.4 Å². The SMILES string of the molecule is CCCCCON=C(C=O)c1csc(NC=O)n1. The minimum atomic E-state index is 0.127. The van der Waals surface area contributed by atoms with E-state index in [0.29, 0.717) is 30.1 Å². The van der Waals surface area contributed by atoms with Gasteiger partial charge in [-0.25, -0.2) is 4.98 Å². The Hall–Kier alpha value is -1.76. The highest BCUT2D eigenvalue weighted by Gasteiger charge is 2.08. The summed E-state index contributed by atoms with van der Waals surface area (Å²) in [5, 5.41) is 8.19. The van der Waals surface area contributed by atoms with Crippen molar-refractivity contribution in [2.45, 2.75) is 26.2 Å². The highest BCUT2D eigenvalue weighted by atomic mass is 32.1. The molecule has 0 aliphatic carbocycles. The van der Waals surface area contributed by atoms with E-state index in [1.54, 1.807) is 5.38 Å². The maximum absolute atomic E-state index is 10.9. The Bertz CT molecular complexity index is 417. The Balaban J connectivity index is 2.55. The first-order chi connectivity index (χ1) is 8.81. The molecule has 0 unspecified atom stereocenters. The van der Waals surface area contributed by atoms with E-state index in [2.05, 4.69) is 22.4 Å². The zero-order chi connectivity index (χ0) is 13.2. The molecule has 1 heterocycles. The van der Waals surface area contributed by atoms with Crippen molar-refractivity contribution in [1.29, 1.82) is 0 Å². The molecule has 0 saturated carbocycles. The van der Waals surface area contributed by atoms with Gasteiger partial charge >= 0.3 is 0 Å². The summed E-state index contributed by atoms with van der Waals surface area (Å²) in [5.74, 6) is 0. The summed E-state index contributed by atoms with van der Waals surface area (Å²) in [7, 11) is 0. The number of hydrogen-bond acceptors (Lipinski definition) is 6. The van der Waals surface area contributed by atoms with E-state index in [0.717, 1.165) is 19.3 Å². The number of carbonyl (C=O) groups excluding carboxylic acids is 2. The minimum Gasteiger partial charge on any atom is -0.395 e. The summed E-state index contributed by atoms with van der Waals surface area (Å²) < 4.78 is 0. The zero-order valence-corrected chi connectivity index (χ0v) is 10.9. The fourth-order valence-electron chi connectivity index (χ4n) is 1.17. The summed E-state index contributed by atoms with van der Waals surface area (Å²) >= 11 is 1.22. The van der Waals surface area contributed by atoms with Crippen LogP contribution in [0.5, 0.6) is 0 Å². The summed E-state index contributed by atoms with van der Waals surface area (Å²) in [5.41, 5.74) is 0.525. The summed E-state index contributed by atoms with van der Waals surface area (Å²) in [6.07, 6.45) is 4.18. The molecule has 0 radical (unpaired) electrons. The third kappa shape index (κ3) is 4.62. The van der Waals surface area contributed by atoms with Crippen molar-refractivity contribution in [2.75, 3.05) is 11.9 Å². The number of aromatic nitrogens is 1. The molecular formula is C11H15N3O3S. The molecule has 0 saturated heterocycles. The Morgan fingerprint density at radius 1 is 1.56 bits per heavy atom. The normalized spacial score (nSPS) is 11.1. The van der Waals surface area contributed by atoms with E-state index in [1.807, 2.05) is 0 Å². The van der Waals surface area contributed by atoms with E-state index < -0.39 is 0 Å². The Kier molecular flexibility index (Phi) is 6.63. The second-order valence-corrected chi connectivity index (χ2v) is 4.29. The second kappa shape index (κ2) is 8.35. The van der Waals surface area contributed by atoms with Gasteiger partial charge in [-0.05, 0) is 6.42 Å². The van der Waals surface area contributed by atoms with Gasteiger partial charge in [-0.2, -0.15) is 0 Å². The van der Waals surface area contributed by atoms with Crippen LogP contribution in [0.15, 0.2) is 10.5 Å². The average Bonchev–Trinajstić information content (AvgIpc) is 2.83. The number of carbonyl (C=O) groups is 2. The molecule has 98 valence electrons. The van der Waals surface area contributed by atoms with Gasteiger partial charge in [0.25, 0.3) is 0 Å². The molecule has 1 aromatic rings. The lowest BCUT2D eigenvalue weighted by Gasteiger charge is -1.98. The number of anilines is 1. The molecule has 0 fully saturated rings. The third-order valence-electron chi connectivity index (χ3n) is 2.06. The van der Waals surface area contributed by atoms with E-state index in [4.69, 9.17) is 4.84 Å². The molecule has 7 heteroatoms. The van der Waals surface area contributed by atoms with Gasteiger partial charge in [0.2, 0.25) is 6.41 Å². The first kappa shape index (κ1) is 14.3. The predicted molar refractivity (Wildman–Crippen MR) is 69.9 cm³/mol. The van der Waals surface area contributed by atoms with Crippen LogP contribution in [0.1, 0.15) is 31.9 Å². The number of nitrogens with zero attached hydrogens (tertiary/aromatic N) is 2. The van der Waals surface area contributed by atoms with Crippen LogP contribution in [0, 0.1) is 0 Å². The Morgan fingerprint density at radius 2 is 2.39 bits per heavy atom. The number of aldehydes is 1. The number of rotatable bonds is 9. The first-order valence-electron chi connectivity index (χ1n) is 5.63. The molecule has 1 aromatic heterocycles. The monoisotopic (exact) mass is 269 g/mol. The lowest BCUT2D eigenvalue weighted by atomic mass is 10.3. The number of amides is 1. The second-order valence-electron chi connectivity index (χ2n) is 3.43. The van der Waals surface area contributed by atoms with Crippen molar-refractivity contribution in [3.63, 3.8) is 0 Å². The Labute approximate surface area is 109 Å². The van der Waals surface area contributed by atoms with Crippen molar-refractivity contribution >= 4 is 34.9 Å². The molecule has 0 aliphatic rings. The van der Waals surface area contributed by atoms with Crippen LogP contribution in [-0.4, -0.2) is 30.0 Å². The highest BCUT2D eigenvalue weighted by molar-refractivity contribution is 7.14. The highest BCUT2D eigenvalue weighted by Crippen LogP contribution is 2.14. The van der Waals surface area contributed by atoms with Crippen LogP contribution in [0.25, 0.3) is 0 Å². The number of thiazole rings is 1. The molecule has 0 aromatic carbocycles. The topological polar surface area (TPSA) is 80.6 Å². The summed E-state index contributed by atoms with van der Waals surface area (Å²) in [4.78, 5) is 30.1. The number of hydrogen-bond donors (Lipinski definition) is 1. The minimum absolute atomic E-state index is 0.127. The van der Waals surface area contributed by atoms with Crippen molar-refractivity contribution in [1.82, 2.24) is 4.98 Å². The number of oxime groups is 1. The van der Waals surface area contributed by atoms with Crippen LogP contribution in [0.3, 0.4) is 0 Å². The van der Waals surface area contributed by atoms with Crippen LogP contribution >= 0.6 is 11.3 Å². The molecular weight excluding hydrogens is 254 g/mol. The number of nitrogens with one attached hydrogen (secondary N) is 1. The molecule has 1 amide bonds. The van der Waals surface area contributed by atoms with E-state index in [1.165, 1.54) is 11.3 Å². The number of unbranched alkanes of at least 4 members (excludes halogenated alkanes) is 2. The molecule has 1 rings (SSSR count). The van der Waals surface area contributed by atoms with Gasteiger partial charge in [-0.15, -0.1) is 11.3 Å². The molecule has 1 N–H and O–H groups in total. The maximum Gasteiger partial charge on any atom is 0.213 e. The van der Waals surface area contributed by atoms with Gasteiger partial charge in [0.1, 0.15) is 12.3 Å². The van der Waals surface area contributed by atoms with E-state index in [-0.39, 0.29) is 5.71 Å². The van der Waals surface area contributed by atoms with Crippen LogP contribution in [0.4, 0.5) is 5.13 Å². The molecule has 0 atom stereocenters. The standard InChI is InChI=1S/C11H15N3O3S/c1-2-3-4-5-17-14-9(6-15)10-7-18-11(13-10)12-8-16/h6-8H,2-5H2,1H3,(H,12,13,16). The van der Waals surface area contributed by atoms with Crippen molar-refractivity contribution in [2.24, 2.45) is 5.16 Å². The predicted octanol–water partition coefficient (Wildman–Crippen LogP) is 1.82. The Morgan fingerprint density at radius 3 is 3.06 bits per heavy atom. The fraction of sp³-hybridized carbons (Fsp3) is 0.455. The zero-order valence-electron chi connectivity index (χ0n) is 10.1. The molecule has 0 bridgehead atoms. The van der Waals surface area contributed by atoms with Crippen LogP contribution < -0.4 is 5.32 Å². The molecule has 6 nitrogen and oxygen atoms in total. The van der Waals surface area contributed by atoms with Gasteiger partial charge < -0.3 is 10.2 Å². The molecule has 18 heavy (non-hydrogen) atoms. The summed E-state index contributed by atoms with van der Waals surface area (Å²) in [6.45, 7) is 2.58. The lowest BCUT2D eigenvalue weighted by Crippen LogP contribution is -2.05. The van der Waals surface area contributed by atoms with Gasteiger partial charge in [0.05, 0.1) is 0 Å². The molecule has 0 aliphatic heterocycles. The average molecular weight is 269 g/mol. The summed E-state index contributed by atoms with van der Waals surface area (Å²) in [6, 6.07) is 0. The lowest BCUT2D eigenvalue weighted by molar-refractivity contribution is -0.105. The smallest absolute Gasteiger partial charge is 0.213 e. The quantitative estimate of drug-likeness (QED) is 0.321. The van der Waals surface area contributed by atoms with Crippen LogP contribution in [0.2, 0.25) is 0 Å². The maximum atomic E-state index is 10.9. The van der Waals surface area contributed by atoms with Gasteiger partial charge in [-0.3, -0.25) is 9.59 Å². The van der Waals surface area contributed by atoms with Gasteiger partial charge in [0.15, 0.2) is 17.1 Å². The first-order valence-corrected chi connectivity index (χ1v) is 6.51. The largest absolute Gasteiger partial charge is 0.395 e. The molecule has 0 spiro atoms. The van der Waals surface area contributed by atoms with Gasteiger partial charge in [0, 0.05) is 5.38 Å². The van der Waals surface area contributed by atoms with E-state index >= 15 is 0 Å². The van der Waals surface area contributed by atoms with Crippen molar-refractivity contribution in [3.8, 4) is 0 Å².